The Labute approximate surface area is 246 Å². The van der Waals surface area contributed by atoms with Crippen LogP contribution >= 0.6 is 31.9 Å². The SMILES string of the molecule is CC(=O)CCOCCOCCNC(=O)CCOCCOCCNC(=O)[C@H](CCCNC(=O)CBr)NC(=O)CBr. The van der Waals surface area contributed by atoms with Crippen LogP contribution in [-0.2, 0) is 42.9 Å². The van der Waals surface area contributed by atoms with Crippen LogP contribution in [0.4, 0.5) is 0 Å². The highest BCUT2D eigenvalue weighted by Crippen LogP contribution is 1.99. The van der Waals surface area contributed by atoms with Gasteiger partial charge in [0, 0.05) is 32.5 Å². The number of alkyl halides is 2. The molecule has 4 N–H and O–H groups in total. The molecule has 0 radical (unpaired) electrons. The number of hydrogen-bond donors (Lipinski definition) is 4. The molecule has 0 unspecified atom stereocenters. The van der Waals surface area contributed by atoms with E-state index in [0.717, 1.165) is 0 Å². The Morgan fingerprint density at radius 1 is 0.615 bits per heavy atom. The summed E-state index contributed by atoms with van der Waals surface area (Å²) in [7, 11) is 0. The number of amides is 4. The molecule has 0 fully saturated rings. The topological polar surface area (TPSA) is 170 Å². The fourth-order valence-corrected chi connectivity index (χ4v) is 3.19. The van der Waals surface area contributed by atoms with Gasteiger partial charge in [0.2, 0.25) is 23.6 Å². The zero-order chi connectivity index (χ0) is 29.1. The molecule has 0 aromatic carbocycles. The van der Waals surface area contributed by atoms with Crippen molar-refractivity contribution in [2.75, 3.05) is 83.1 Å². The molecule has 0 saturated carbocycles. The van der Waals surface area contributed by atoms with Gasteiger partial charge in [0.1, 0.15) is 11.8 Å². The summed E-state index contributed by atoms with van der Waals surface area (Å²) < 4.78 is 21.4. The molecule has 0 spiro atoms. The maximum Gasteiger partial charge on any atom is 0.242 e. The summed E-state index contributed by atoms with van der Waals surface area (Å²) in [5.74, 6) is -0.841. The Morgan fingerprint density at radius 2 is 1.13 bits per heavy atom. The molecule has 0 aliphatic carbocycles. The Kier molecular flexibility index (Phi) is 25.4. The van der Waals surface area contributed by atoms with Gasteiger partial charge in [-0.2, -0.15) is 0 Å². The van der Waals surface area contributed by atoms with Crippen molar-refractivity contribution in [3.63, 3.8) is 0 Å². The molecule has 1 atom stereocenters. The number of Topliss-reactive ketones (excluding diaryl/α,β-unsaturated/α-hetero) is 1. The predicted octanol–water partition coefficient (Wildman–Crippen LogP) is -0.175. The van der Waals surface area contributed by atoms with Crippen molar-refractivity contribution >= 4 is 61.3 Å². The predicted molar refractivity (Wildman–Crippen MR) is 151 cm³/mol. The largest absolute Gasteiger partial charge is 0.379 e. The zero-order valence-corrected chi connectivity index (χ0v) is 25.7. The van der Waals surface area contributed by atoms with Gasteiger partial charge in [0.25, 0.3) is 0 Å². The molecule has 0 heterocycles. The molecule has 0 rings (SSSR count). The first-order valence-electron chi connectivity index (χ1n) is 12.8. The first-order valence-corrected chi connectivity index (χ1v) is 15.1. The lowest BCUT2D eigenvalue weighted by Crippen LogP contribution is -2.48. The van der Waals surface area contributed by atoms with Crippen LogP contribution in [0.2, 0.25) is 0 Å². The van der Waals surface area contributed by atoms with E-state index < -0.39 is 6.04 Å². The molecule has 15 heteroatoms. The van der Waals surface area contributed by atoms with Crippen LogP contribution in [-0.4, -0.2) is 119 Å². The second-order valence-corrected chi connectivity index (χ2v) is 9.29. The van der Waals surface area contributed by atoms with E-state index in [9.17, 15) is 24.0 Å². The average Bonchev–Trinajstić information content (AvgIpc) is 2.91. The van der Waals surface area contributed by atoms with E-state index in [1.165, 1.54) is 6.92 Å². The van der Waals surface area contributed by atoms with Crippen molar-refractivity contribution in [1.29, 1.82) is 0 Å². The van der Waals surface area contributed by atoms with E-state index in [4.69, 9.17) is 18.9 Å². The second kappa shape index (κ2) is 26.6. The van der Waals surface area contributed by atoms with E-state index in [-0.39, 0.29) is 66.3 Å². The number of hydrogen-bond acceptors (Lipinski definition) is 9. The molecule has 0 bridgehead atoms. The second-order valence-electron chi connectivity index (χ2n) is 8.17. The lowest BCUT2D eigenvalue weighted by molar-refractivity contribution is -0.128. The first-order chi connectivity index (χ1) is 18.8. The first kappa shape index (κ1) is 37.4. The lowest BCUT2D eigenvalue weighted by Gasteiger charge is -2.18. The van der Waals surface area contributed by atoms with Gasteiger partial charge in [-0.1, -0.05) is 31.9 Å². The minimum Gasteiger partial charge on any atom is -0.379 e. The van der Waals surface area contributed by atoms with E-state index in [1.54, 1.807) is 0 Å². The number of halogens is 2. The van der Waals surface area contributed by atoms with Crippen molar-refractivity contribution in [1.82, 2.24) is 21.3 Å². The Balaban J connectivity index is 3.74. The summed E-state index contributed by atoms with van der Waals surface area (Å²) in [4.78, 5) is 57.9. The Bertz CT molecular complexity index is 717. The standard InChI is InChI=1S/C24H42Br2N4O9/c1-19(31)4-9-36-13-15-38-11-7-28-21(32)5-10-37-14-16-39-12-8-29-24(35)20(30-23(34)18-26)3-2-6-27-22(33)17-25/h20H,2-18H2,1H3,(H,27,33)(H,28,32)(H,29,35)(H,30,34)/t20-/m0/s1. The number of ether oxygens (including phenoxy) is 4. The summed E-state index contributed by atoms with van der Waals surface area (Å²) >= 11 is 6.12. The normalized spacial score (nSPS) is 11.5. The maximum atomic E-state index is 12.4. The van der Waals surface area contributed by atoms with Gasteiger partial charge < -0.3 is 40.2 Å². The smallest absolute Gasteiger partial charge is 0.242 e. The van der Waals surface area contributed by atoms with Gasteiger partial charge in [0.05, 0.1) is 63.5 Å². The van der Waals surface area contributed by atoms with Gasteiger partial charge in [0.15, 0.2) is 0 Å². The van der Waals surface area contributed by atoms with Crippen molar-refractivity contribution in [3.05, 3.63) is 0 Å². The van der Waals surface area contributed by atoms with Crippen LogP contribution in [0.25, 0.3) is 0 Å². The van der Waals surface area contributed by atoms with Crippen LogP contribution in [0.5, 0.6) is 0 Å². The Morgan fingerprint density at radius 3 is 1.69 bits per heavy atom. The lowest BCUT2D eigenvalue weighted by atomic mass is 10.1. The Hall–Kier alpha value is -1.65. The fourth-order valence-electron chi connectivity index (χ4n) is 2.83. The van der Waals surface area contributed by atoms with E-state index in [0.29, 0.717) is 72.0 Å². The van der Waals surface area contributed by atoms with E-state index >= 15 is 0 Å². The maximum absolute atomic E-state index is 12.4. The monoisotopic (exact) mass is 688 g/mol. The van der Waals surface area contributed by atoms with Gasteiger partial charge in [-0.25, -0.2) is 0 Å². The molecule has 0 aromatic heterocycles. The molecule has 39 heavy (non-hydrogen) atoms. The molecular formula is C24H42Br2N4O9. The van der Waals surface area contributed by atoms with Crippen LogP contribution in [0.1, 0.15) is 32.6 Å². The molecule has 0 aliphatic heterocycles. The number of rotatable bonds is 26. The summed E-state index contributed by atoms with van der Waals surface area (Å²) in [6.07, 6.45) is 1.51. The summed E-state index contributed by atoms with van der Waals surface area (Å²) in [5.41, 5.74) is 0. The summed E-state index contributed by atoms with van der Waals surface area (Å²) in [6.45, 7) is 5.23. The number of carbonyl (C=O) groups is 5. The molecule has 226 valence electrons. The van der Waals surface area contributed by atoms with E-state index in [1.807, 2.05) is 0 Å². The fraction of sp³-hybridized carbons (Fsp3) is 0.792. The van der Waals surface area contributed by atoms with Crippen LogP contribution in [0.3, 0.4) is 0 Å². The minimum absolute atomic E-state index is 0.0803. The molecule has 13 nitrogen and oxygen atoms in total. The van der Waals surface area contributed by atoms with Gasteiger partial charge in [-0.05, 0) is 19.8 Å². The highest BCUT2D eigenvalue weighted by Gasteiger charge is 2.19. The van der Waals surface area contributed by atoms with Gasteiger partial charge >= 0.3 is 0 Å². The number of carbonyl (C=O) groups excluding carboxylic acids is 5. The molecule has 0 aromatic rings. The summed E-state index contributed by atoms with van der Waals surface area (Å²) in [5, 5.41) is 11.1. The van der Waals surface area contributed by atoms with Crippen molar-refractivity contribution in [2.45, 2.75) is 38.6 Å². The number of nitrogens with one attached hydrogen (secondary N) is 4. The molecule has 4 amide bonds. The van der Waals surface area contributed by atoms with Crippen LogP contribution < -0.4 is 21.3 Å². The third-order valence-corrected chi connectivity index (χ3v) is 5.83. The third kappa shape index (κ3) is 25.1. The van der Waals surface area contributed by atoms with Crippen LogP contribution in [0.15, 0.2) is 0 Å². The highest BCUT2D eigenvalue weighted by molar-refractivity contribution is 9.09. The molecule has 0 saturated heterocycles. The van der Waals surface area contributed by atoms with Gasteiger partial charge in [-0.3, -0.25) is 24.0 Å². The molecular weight excluding hydrogens is 648 g/mol. The minimum atomic E-state index is -0.713. The highest BCUT2D eigenvalue weighted by atomic mass is 79.9. The average molecular weight is 690 g/mol. The third-order valence-electron chi connectivity index (χ3n) is 4.82. The number of ketones is 1. The van der Waals surface area contributed by atoms with E-state index in [2.05, 4.69) is 53.1 Å². The quantitative estimate of drug-likeness (QED) is 0.0711. The van der Waals surface area contributed by atoms with Crippen molar-refractivity contribution < 1.29 is 42.9 Å². The van der Waals surface area contributed by atoms with Crippen LogP contribution in [0, 0.1) is 0 Å². The summed E-state index contributed by atoms with van der Waals surface area (Å²) in [6, 6.07) is -0.713. The zero-order valence-electron chi connectivity index (χ0n) is 22.5. The molecule has 0 aliphatic rings. The van der Waals surface area contributed by atoms with Gasteiger partial charge in [-0.15, -0.1) is 0 Å². The van der Waals surface area contributed by atoms with Crippen molar-refractivity contribution in [2.24, 2.45) is 0 Å². The van der Waals surface area contributed by atoms with Crippen molar-refractivity contribution in [3.8, 4) is 0 Å².